The van der Waals surface area contributed by atoms with Crippen molar-refractivity contribution in [3.63, 3.8) is 0 Å². The molecule has 0 bridgehead atoms. The van der Waals surface area contributed by atoms with Crippen molar-refractivity contribution in [3.8, 4) is 17.1 Å². The summed E-state index contributed by atoms with van der Waals surface area (Å²) in [5.74, 6) is 0.919. The predicted molar refractivity (Wildman–Crippen MR) is 144 cm³/mol. The topological polar surface area (TPSA) is 135 Å². The maximum Gasteiger partial charge on any atom is 0.266 e. The number of hydrogen-bond donors (Lipinski definition) is 5. The van der Waals surface area contributed by atoms with Gasteiger partial charge in [-0.3, -0.25) is 0 Å². The van der Waals surface area contributed by atoms with E-state index in [0.717, 1.165) is 0 Å². The number of likely N-dealkylation sites (N-methyl/N-ethyl adjacent to an activating group) is 1. The third-order valence-electron chi connectivity index (χ3n) is 6.49. The van der Waals surface area contributed by atoms with Crippen LogP contribution < -0.4 is 15.0 Å². The second-order valence-corrected chi connectivity index (χ2v) is 9.89. The number of ether oxygens (including phenoxy) is 1. The van der Waals surface area contributed by atoms with Gasteiger partial charge >= 0.3 is 0 Å². The molecule has 1 atom stereocenters. The zero-order chi connectivity index (χ0) is 28.2. The molecule has 0 saturated carbocycles. The maximum atomic E-state index is 13.4. The second kappa shape index (κ2) is 12.3. The van der Waals surface area contributed by atoms with Crippen LogP contribution in [0.4, 0.5) is 14.6 Å². The summed E-state index contributed by atoms with van der Waals surface area (Å²) in [7, 11) is 1.72. The number of nitrogens with one attached hydrogen (secondary N) is 2. The van der Waals surface area contributed by atoms with Crippen molar-refractivity contribution in [2.45, 2.75) is 51.7 Å². The molecule has 0 amide bonds. The molecular formula is C26H34ClF2N5O4. The van der Waals surface area contributed by atoms with Gasteiger partial charge in [0, 0.05) is 36.5 Å². The molecule has 0 unspecified atom stereocenters. The number of alkyl halides is 2. The van der Waals surface area contributed by atoms with E-state index in [1.807, 2.05) is 0 Å². The summed E-state index contributed by atoms with van der Waals surface area (Å²) in [6, 6.07) is 4.89. The normalized spacial score (nSPS) is 16.8. The number of aromatic nitrogens is 2. The van der Waals surface area contributed by atoms with Gasteiger partial charge in [-0.25, -0.2) is 18.7 Å². The van der Waals surface area contributed by atoms with Crippen molar-refractivity contribution in [1.82, 2.24) is 15.3 Å². The molecule has 1 aliphatic rings. The number of piperidine rings is 1. The Balaban J connectivity index is 2.11. The summed E-state index contributed by atoms with van der Waals surface area (Å²) in [6.07, 6.45) is -3.89. The van der Waals surface area contributed by atoms with Gasteiger partial charge in [-0.05, 0) is 58.9 Å². The molecule has 0 spiro atoms. The Morgan fingerprint density at radius 3 is 2.47 bits per heavy atom. The number of aliphatic hydroxyl groups is 3. The Morgan fingerprint density at radius 2 is 1.92 bits per heavy atom. The molecule has 0 aliphatic carbocycles. The molecule has 38 heavy (non-hydrogen) atoms. The average molecular weight is 554 g/mol. The summed E-state index contributed by atoms with van der Waals surface area (Å²) in [5, 5.41) is 42.0. The molecule has 9 nitrogen and oxygen atoms in total. The molecule has 1 saturated heterocycles. The Labute approximate surface area is 225 Å². The van der Waals surface area contributed by atoms with Gasteiger partial charge in [0.1, 0.15) is 35.6 Å². The minimum absolute atomic E-state index is 0.0393. The predicted octanol–water partition coefficient (Wildman–Crippen LogP) is 3.99. The van der Waals surface area contributed by atoms with Gasteiger partial charge in [0.05, 0.1) is 16.3 Å². The first-order valence-corrected chi connectivity index (χ1v) is 12.6. The van der Waals surface area contributed by atoms with Crippen LogP contribution in [0.2, 0.25) is 5.02 Å². The molecule has 12 heteroatoms. The first-order chi connectivity index (χ1) is 17.9. The fraction of sp³-hybridized carbons (Fsp3) is 0.500. The smallest absolute Gasteiger partial charge is 0.266 e. The Bertz CT molecular complexity index is 1200. The minimum atomic E-state index is -2.86. The average Bonchev–Trinajstić information content (AvgIpc) is 2.85. The Hall–Kier alpha value is -2.86. The van der Waals surface area contributed by atoms with Gasteiger partial charge in [-0.1, -0.05) is 11.6 Å². The highest BCUT2D eigenvalue weighted by atomic mass is 35.5. The number of hydrogen-bond acceptors (Lipinski definition) is 9. The highest BCUT2D eigenvalue weighted by molar-refractivity contribution is 6.33. The molecular weight excluding hydrogens is 520 g/mol. The van der Waals surface area contributed by atoms with Crippen molar-refractivity contribution >= 4 is 28.7 Å². The van der Waals surface area contributed by atoms with E-state index in [0.29, 0.717) is 40.0 Å². The van der Waals surface area contributed by atoms with Gasteiger partial charge in [0.15, 0.2) is 5.82 Å². The van der Waals surface area contributed by atoms with Crippen molar-refractivity contribution < 1.29 is 28.8 Å². The lowest BCUT2D eigenvalue weighted by atomic mass is 9.91. The molecule has 208 valence electrons. The van der Waals surface area contributed by atoms with Crippen LogP contribution in [-0.4, -0.2) is 82.4 Å². The number of anilines is 1. The molecule has 3 rings (SSSR count). The van der Waals surface area contributed by atoms with Gasteiger partial charge in [-0.2, -0.15) is 0 Å². The molecule has 2 aromatic rings. The number of allylic oxidation sites excluding steroid dienone is 2. The first-order valence-electron chi connectivity index (χ1n) is 12.2. The molecule has 5 N–H and O–H groups in total. The summed E-state index contributed by atoms with van der Waals surface area (Å²) >= 11 is 6.52. The highest BCUT2D eigenvalue weighted by Crippen LogP contribution is 2.37. The lowest BCUT2D eigenvalue weighted by molar-refractivity contribution is -0.109. The van der Waals surface area contributed by atoms with E-state index in [1.165, 1.54) is 13.8 Å². The van der Waals surface area contributed by atoms with Crippen molar-refractivity contribution in [1.29, 1.82) is 5.41 Å². The number of aliphatic hydroxyl groups excluding tert-OH is 2. The minimum Gasteiger partial charge on any atom is -0.512 e. The third-order valence-corrected chi connectivity index (χ3v) is 6.82. The lowest BCUT2D eigenvalue weighted by Gasteiger charge is -2.38. The van der Waals surface area contributed by atoms with Crippen LogP contribution in [0.15, 0.2) is 24.0 Å². The van der Waals surface area contributed by atoms with Crippen molar-refractivity contribution in [3.05, 3.63) is 40.2 Å². The van der Waals surface area contributed by atoms with Crippen LogP contribution >= 0.6 is 11.6 Å². The van der Waals surface area contributed by atoms with Crippen LogP contribution in [0.3, 0.4) is 0 Å². The quantitative estimate of drug-likeness (QED) is 0.220. The zero-order valence-electron chi connectivity index (χ0n) is 21.9. The van der Waals surface area contributed by atoms with Gasteiger partial charge in [0.2, 0.25) is 0 Å². The lowest BCUT2D eigenvalue weighted by Crippen LogP contribution is -2.49. The molecule has 2 heterocycles. The van der Waals surface area contributed by atoms with E-state index < -0.39 is 18.1 Å². The van der Waals surface area contributed by atoms with Gasteiger partial charge < -0.3 is 35.7 Å². The van der Waals surface area contributed by atoms with Gasteiger partial charge in [-0.15, -0.1) is 0 Å². The maximum absolute atomic E-state index is 13.4. The molecule has 0 radical (unpaired) electrons. The van der Waals surface area contributed by atoms with E-state index >= 15 is 0 Å². The standard InChI is InChI=1S/C26H34ClF2N5O4/c1-14-22(21(15(2)30)16(3)35)32-23(33-24(14)34-9-7-26(37,8-10-34)25(28)29)19-11-18(5-6-20(19)27)38-13-17(36)12-31-4/h5-6,11,17,25,30-31,35-37H,7-10,12-13H2,1-4H3/b21-16+,30-15?/t17-/m1/s1. The van der Waals surface area contributed by atoms with E-state index in [2.05, 4.69) is 10.3 Å². The van der Waals surface area contributed by atoms with E-state index in [-0.39, 0.29) is 55.4 Å². The highest BCUT2D eigenvalue weighted by Gasteiger charge is 2.41. The van der Waals surface area contributed by atoms with Crippen molar-refractivity contribution in [2.24, 2.45) is 0 Å². The van der Waals surface area contributed by atoms with Crippen LogP contribution in [-0.2, 0) is 0 Å². The molecule has 1 aromatic carbocycles. The summed E-state index contributed by atoms with van der Waals surface area (Å²) < 4.78 is 32.5. The number of nitrogens with zero attached hydrogens (tertiary/aromatic N) is 3. The third kappa shape index (κ3) is 6.58. The van der Waals surface area contributed by atoms with Crippen LogP contribution in [0.5, 0.6) is 5.75 Å². The molecule has 1 aliphatic heterocycles. The van der Waals surface area contributed by atoms with Crippen LogP contribution in [0.1, 0.15) is 37.9 Å². The Kier molecular flexibility index (Phi) is 9.64. The SMILES string of the molecule is CNC[C@@H](O)COc1ccc(Cl)c(-c2nc(/C(C(C)=N)=C(\C)O)c(C)c(N3CCC(O)(C(F)F)CC3)n2)c1. The largest absolute Gasteiger partial charge is 0.512 e. The summed E-state index contributed by atoms with van der Waals surface area (Å²) in [4.78, 5) is 11.2. The monoisotopic (exact) mass is 553 g/mol. The number of rotatable bonds is 10. The van der Waals surface area contributed by atoms with Crippen molar-refractivity contribution in [2.75, 3.05) is 38.2 Å². The van der Waals surface area contributed by atoms with Crippen LogP contribution in [0.25, 0.3) is 17.0 Å². The van der Waals surface area contributed by atoms with Crippen LogP contribution in [0, 0.1) is 12.3 Å². The number of halogens is 3. The van der Waals surface area contributed by atoms with Gasteiger partial charge in [0.25, 0.3) is 6.43 Å². The molecule has 1 fully saturated rings. The zero-order valence-corrected chi connectivity index (χ0v) is 22.6. The van der Waals surface area contributed by atoms with E-state index in [9.17, 15) is 24.1 Å². The number of benzene rings is 1. The summed E-state index contributed by atoms with van der Waals surface area (Å²) in [5.41, 5.74) is -0.505. The summed E-state index contributed by atoms with van der Waals surface area (Å²) in [6.45, 7) is 5.35. The fourth-order valence-electron chi connectivity index (χ4n) is 4.37. The Morgan fingerprint density at radius 1 is 1.26 bits per heavy atom. The fourth-order valence-corrected chi connectivity index (χ4v) is 4.58. The van der Waals surface area contributed by atoms with E-state index in [1.54, 1.807) is 37.1 Å². The second-order valence-electron chi connectivity index (χ2n) is 9.49. The molecule has 1 aromatic heterocycles. The first kappa shape index (κ1) is 29.7. The van der Waals surface area contributed by atoms with E-state index in [4.69, 9.17) is 26.7 Å².